The summed E-state index contributed by atoms with van der Waals surface area (Å²) >= 11 is 5.92. The van der Waals surface area contributed by atoms with Gasteiger partial charge in [0.05, 0.1) is 24.9 Å². The van der Waals surface area contributed by atoms with Gasteiger partial charge in [-0.2, -0.15) is 18.4 Å². The van der Waals surface area contributed by atoms with E-state index in [2.05, 4.69) is 4.98 Å². The highest BCUT2D eigenvalue weighted by Crippen LogP contribution is 2.36. The highest BCUT2D eigenvalue weighted by molar-refractivity contribution is 6.31. The van der Waals surface area contributed by atoms with Gasteiger partial charge in [0.25, 0.3) is 0 Å². The zero-order valence-corrected chi connectivity index (χ0v) is 12.6. The maximum Gasteiger partial charge on any atom is 0.422 e. The predicted octanol–water partition coefficient (Wildman–Crippen LogP) is 4.22. The molecule has 0 spiro atoms. The summed E-state index contributed by atoms with van der Waals surface area (Å²) in [5.41, 5.74) is 0.803. The fourth-order valence-corrected chi connectivity index (χ4v) is 2.03. The Morgan fingerprint density at radius 2 is 2.00 bits per heavy atom. The minimum absolute atomic E-state index is 0.123. The van der Waals surface area contributed by atoms with Gasteiger partial charge in [-0.3, -0.25) is 0 Å². The molecule has 0 saturated heterocycles. The van der Waals surface area contributed by atoms with Crippen molar-refractivity contribution in [2.75, 3.05) is 13.7 Å². The number of benzene rings is 1. The molecule has 0 amide bonds. The van der Waals surface area contributed by atoms with E-state index < -0.39 is 12.8 Å². The molecule has 0 aliphatic heterocycles. The maximum atomic E-state index is 12.4. The van der Waals surface area contributed by atoms with Gasteiger partial charge in [-0.25, -0.2) is 4.98 Å². The Kier molecular flexibility index (Phi) is 4.96. The second kappa shape index (κ2) is 6.75. The first-order valence-electron chi connectivity index (χ1n) is 6.27. The molecule has 0 aliphatic rings. The third-order valence-electron chi connectivity index (χ3n) is 2.84. The molecule has 0 N–H and O–H groups in total. The molecule has 0 radical (unpaired) electrons. The molecule has 0 unspecified atom stereocenters. The SMILES string of the molecule is COc1cc(-c2cc(Cl)ccc2C#N)c(OCC(F)(F)F)cn1. The number of hydrogen-bond donors (Lipinski definition) is 0. The number of aromatic nitrogens is 1. The number of rotatable bonds is 4. The molecule has 1 aromatic carbocycles. The van der Waals surface area contributed by atoms with Crippen LogP contribution < -0.4 is 9.47 Å². The smallest absolute Gasteiger partial charge is 0.422 e. The molecule has 4 nitrogen and oxygen atoms in total. The molecule has 23 heavy (non-hydrogen) atoms. The lowest BCUT2D eigenvalue weighted by atomic mass is 10.0. The molecule has 2 aromatic rings. The van der Waals surface area contributed by atoms with Crippen LogP contribution in [0.4, 0.5) is 13.2 Å². The standard InChI is InChI=1S/C15H10ClF3N2O2/c1-22-14-5-12(11-4-10(16)3-2-9(11)6-20)13(7-21-14)23-8-15(17,18)19/h2-5,7H,8H2,1H3. The summed E-state index contributed by atoms with van der Waals surface area (Å²) in [7, 11) is 1.37. The second-order valence-corrected chi connectivity index (χ2v) is 4.86. The third-order valence-corrected chi connectivity index (χ3v) is 3.07. The summed E-state index contributed by atoms with van der Waals surface area (Å²) in [6.45, 7) is -1.48. The van der Waals surface area contributed by atoms with E-state index in [0.29, 0.717) is 10.6 Å². The van der Waals surface area contributed by atoms with Gasteiger partial charge < -0.3 is 9.47 Å². The number of hydrogen-bond acceptors (Lipinski definition) is 4. The van der Waals surface area contributed by atoms with Gasteiger partial charge in [0.2, 0.25) is 5.88 Å². The van der Waals surface area contributed by atoms with Gasteiger partial charge >= 0.3 is 6.18 Å². The lowest BCUT2D eigenvalue weighted by Gasteiger charge is -2.14. The molecule has 0 fully saturated rings. The van der Waals surface area contributed by atoms with Crippen LogP contribution in [0, 0.1) is 11.3 Å². The molecule has 0 bridgehead atoms. The molecule has 0 atom stereocenters. The highest BCUT2D eigenvalue weighted by atomic mass is 35.5. The van der Waals surface area contributed by atoms with E-state index in [0.717, 1.165) is 6.20 Å². The van der Waals surface area contributed by atoms with Crippen molar-refractivity contribution in [3.05, 3.63) is 41.0 Å². The minimum Gasteiger partial charge on any atom is -0.482 e. The van der Waals surface area contributed by atoms with Crippen LogP contribution in [-0.2, 0) is 0 Å². The summed E-state index contributed by atoms with van der Waals surface area (Å²) in [6, 6.07) is 7.80. The fourth-order valence-electron chi connectivity index (χ4n) is 1.86. The monoisotopic (exact) mass is 342 g/mol. The maximum absolute atomic E-state index is 12.4. The molecular weight excluding hydrogens is 333 g/mol. The van der Waals surface area contributed by atoms with Crippen molar-refractivity contribution in [3.8, 4) is 28.8 Å². The topological polar surface area (TPSA) is 55.1 Å². The van der Waals surface area contributed by atoms with Crippen molar-refractivity contribution < 1.29 is 22.6 Å². The van der Waals surface area contributed by atoms with Gasteiger partial charge in [0, 0.05) is 22.2 Å². The van der Waals surface area contributed by atoms with Crippen LogP contribution in [-0.4, -0.2) is 24.9 Å². The molecule has 8 heteroatoms. The fraction of sp³-hybridized carbons (Fsp3) is 0.200. The van der Waals surface area contributed by atoms with Crippen LogP contribution in [0.3, 0.4) is 0 Å². The number of nitriles is 1. The Hall–Kier alpha value is -2.46. The van der Waals surface area contributed by atoms with Crippen molar-refractivity contribution in [3.63, 3.8) is 0 Å². The number of methoxy groups -OCH3 is 1. The lowest BCUT2D eigenvalue weighted by molar-refractivity contribution is -0.153. The molecule has 120 valence electrons. The van der Waals surface area contributed by atoms with Crippen molar-refractivity contribution in [2.45, 2.75) is 6.18 Å². The second-order valence-electron chi connectivity index (χ2n) is 4.43. The van der Waals surface area contributed by atoms with Gasteiger partial charge in [-0.1, -0.05) is 11.6 Å². The van der Waals surface area contributed by atoms with Crippen molar-refractivity contribution in [2.24, 2.45) is 0 Å². The molecule has 1 aromatic heterocycles. The number of alkyl halides is 3. The Morgan fingerprint density at radius 3 is 2.61 bits per heavy atom. The Balaban J connectivity index is 2.55. The average Bonchev–Trinajstić information content (AvgIpc) is 2.52. The molecule has 0 saturated carbocycles. The zero-order valence-electron chi connectivity index (χ0n) is 11.8. The van der Waals surface area contributed by atoms with Crippen LogP contribution >= 0.6 is 11.6 Å². The van der Waals surface area contributed by atoms with Gasteiger partial charge in [0.15, 0.2) is 6.61 Å². The van der Waals surface area contributed by atoms with Crippen LogP contribution in [0.25, 0.3) is 11.1 Å². The Morgan fingerprint density at radius 1 is 1.26 bits per heavy atom. The van der Waals surface area contributed by atoms with E-state index in [4.69, 9.17) is 21.1 Å². The van der Waals surface area contributed by atoms with Gasteiger partial charge in [-0.15, -0.1) is 0 Å². The van der Waals surface area contributed by atoms with Crippen molar-refractivity contribution in [1.29, 1.82) is 5.26 Å². The number of nitrogens with zero attached hydrogens (tertiary/aromatic N) is 2. The minimum atomic E-state index is -4.50. The first-order chi connectivity index (χ1) is 10.8. The lowest BCUT2D eigenvalue weighted by Crippen LogP contribution is -2.19. The summed E-state index contributed by atoms with van der Waals surface area (Å²) < 4.78 is 46.9. The summed E-state index contributed by atoms with van der Waals surface area (Å²) in [4.78, 5) is 3.83. The quantitative estimate of drug-likeness (QED) is 0.834. The van der Waals surface area contributed by atoms with E-state index >= 15 is 0 Å². The highest BCUT2D eigenvalue weighted by Gasteiger charge is 2.29. The summed E-state index contributed by atoms with van der Waals surface area (Å²) in [5, 5.41) is 9.52. The van der Waals surface area contributed by atoms with Crippen molar-refractivity contribution in [1.82, 2.24) is 4.98 Å². The van der Waals surface area contributed by atoms with E-state index in [1.165, 1.54) is 31.4 Å². The van der Waals surface area contributed by atoms with Crippen LogP contribution in [0.1, 0.15) is 5.56 Å². The normalized spacial score (nSPS) is 11.0. The van der Waals surface area contributed by atoms with Gasteiger partial charge in [0.1, 0.15) is 5.75 Å². The first kappa shape index (κ1) is 16.9. The van der Waals surface area contributed by atoms with E-state index in [9.17, 15) is 18.4 Å². The molecule has 1 heterocycles. The Bertz CT molecular complexity index is 757. The molecular formula is C15H10ClF3N2O2. The molecule has 2 rings (SSSR count). The van der Waals surface area contributed by atoms with Crippen LogP contribution in [0.15, 0.2) is 30.5 Å². The predicted molar refractivity (Wildman–Crippen MR) is 77.5 cm³/mol. The number of halogens is 4. The van der Waals surface area contributed by atoms with E-state index in [1.807, 2.05) is 6.07 Å². The van der Waals surface area contributed by atoms with Crippen molar-refractivity contribution >= 4 is 11.6 Å². The zero-order chi connectivity index (χ0) is 17.0. The summed E-state index contributed by atoms with van der Waals surface area (Å²) in [5.74, 6) is 0.0464. The summed E-state index contributed by atoms with van der Waals surface area (Å²) in [6.07, 6.45) is -3.38. The van der Waals surface area contributed by atoms with E-state index in [-0.39, 0.29) is 22.8 Å². The van der Waals surface area contributed by atoms with E-state index in [1.54, 1.807) is 0 Å². The van der Waals surface area contributed by atoms with Crippen LogP contribution in [0.5, 0.6) is 11.6 Å². The number of pyridine rings is 1. The largest absolute Gasteiger partial charge is 0.482 e. The van der Waals surface area contributed by atoms with Gasteiger partial charge in [-0.05, 0) is 18.2 Å². The van der Waals surface area contributed by atoms with Crippen LogP contribution in [0.2, 0.25) is 5.02 Å². The Labute approximate surface area is 135 Å². The third kappa shape index (κ3) is 4.27. The molecule has 0 aliphatic carbocycles. The first-order valence-corrected chi connectivity index (χ1v) is 6.65. The number of ether oxygens (including phenoxy) is 2. The average molecular weight is 343 g/mol.